The van der Waals surface area contributed by atoms with Crippen LogP contribution >= 0.6 is 27.3 Å². The number of nitrogens with zero attached hydrogens (tertiary/aromatic N) is 2. The number of carbonyl (C=O) groups is 1. The first-order valence-electron chi connectivity index (χ1n) is 5.74. The molecule has 0 aliphatic rings. The van der Waals surface area contributed by atoms with Crippen LogP contribution in [0.1, 0.15) is 10.4 Å². The zero-order valence-corrected chi connectivity index (χ0v) is 12.5. The molecule has 2 aromatic heterocycles. The first kappa shape index (κ1) is 13.2. The van der Waals surface area contributed by atoms with Gasteiger partial charge in [0.15, 0.2) is 6.29 Å². The van der Waals surface area contributed by atoms with Gasteiger partial charge in [-0.05, 0) is 40.2 Å². The predicted octanol–water partition coefficient (Wildman–Crippen LogP) is 4.31. The molecule has 0 saturated carbocycles. The molecule has 0 atom stereocenters. The predicted molar refractivity (Wildman–Crippen MR) is 79.9 cm³/mol. The monoisotopic (exact) mass is 350 g/mol. The molecule has 6 heteroatoms. The molecule has 0 bridgehead atoms. The Bertz CT molecular complexity index is 781. The number of hydrogen-bond donors (Lipinski definition) is 0. The van der Waals surface area contributed by atoms with Crippen molar-refractivity contribution in [3.05, 3.63) is 57.8 Å². The highest BCUT2D eigenvalue weighted by atomic mass is 79.9. The molecule has 3 aromatic rings. The standard InChI is InChI=1S/C14H8BrFN2OS/c15-13-6-5-12(20-13)14-9(8-19)7-18(17-14)11-4-2-1-3-10(11)16/h1-8H. The zero-order chi connectivity index (χ0) is 14.1. The van der Waals surface area contributed by atoms with E-state index < -0.39 is 0 Å². The Morgan fingerprint density at radius 3 is 2.70 bits per heavy atom. The van der Waals surface area contributed by atoms with Crippen LogP contribution in [0.3, 0.4) is 0 Å². The van der Waals surface area contributed by atoms with Gasteiger partial charge in [0.2, 0.25) is 0 Å². The van der Waals surface area contributed by atoms with Crippen LogP contribution in [0, 0.1) is 5.82 Å². The average molecular weight is 351 g/mol. The third-order valence-corrected chi connectivity index (χ3v) is 4.41. The molecule has 3 nitrogen and oxygen atoms in total. The molecule has 0 aliphatic heterocycles. The Morgan fingerprint density at radius 1 is 1.25 bits per heavy atom. The molecule has 1 aromatic carbocycles. The summed E-state index contributed by atoms with van der Waals surface area (Å²) < 4.78 is 16.1. The van der Waals surface area contributed by atoms with Gasteiger partial charge in [-0.1, -0.05) is 12.1 Å². The van der Waals surface area contributed by atoms with Crippen molar-refractivity contribution in [2.75, 3.05) is 0 Å². The highest BCUT2D eigenvalue weighted by Gasteiger charge is 2.14. The molecule has 3 rings (SSSR count). The maximum Gasteiger partial charge on any atom is 0.153 e. The summed E-state index contributed by atoms with van der Waals surface area (Å²) in [6, 6.07) is 10.1. The lowest BCUT2D eigenvalue weighted by Gasteiger charge is -2.01. The van der Waals surface area contributed by atoms with Crippen LogP contribution in [0.25, 0.3) is 16.3 Å². The third-order valence-electron chi connectivity index (χ3n) is 2.78. The lowest BCUT2D eigenvalue weighted by Crippen LogP contribution is -1.97. The second-order valence-electron chi connectivity index (χ2n) is 4.05. The number of hydrogen-bond acceptors (Lipinski definition) is 3. The number of aldehydes is 1. The number of aromatic nitrogens is 2. The van der Waals surface area contributed by atoms with Crippen molar-refractivity contribution in [3.63, 3.8) is 0 Å². The van der Waals surface area contributed by atoms with Gasteiger partial charge in [-0.3, -0.25) is 4.79 Å². The highest BCUT2D eigenvalue weighted by Crippen LogP contribution is 2.32. The molecule has 0 unspecified atom stereocenters. The topological polar surface area (TPSA) is 34.9 Å². The van der Waals surface area contributed by atoms with Crippen LogP contribution in [-0.2, 0) is 0 Å². The smallest absolute Gasteiger partial charge is 0.153 e. The highest BCUT2D eigenvalue weighted by molar-refractivity contribution is 9.11. The summed E-state index contributed by atoms with van der Waals surface area (Å²) >= 11 is 4.85. The zero-order valence-electron chi connectivity index (χ0n) is 10.1. The molecule has 100 valence electrons. The minimum absolute atomic E-state index is 0.317. The van der Waals surface area contributed by atoms with Gasteiger partial charge in [-0.25, -0.2) is 9.07 Å². The third kappa shape index (κ3) is 2.32. The molecule has 0 radical (unpaired) electrons. The molecule has 0 fully saturated rings. The van der Waals surface area contributed by atoms with Crippen molar-refractivity contribution in [2.24, 2.45) is 0 Å². The van der Waals surface area contributed by atoms with E-state index in [9.17, 15) is 9.18 Å². The van der Waals surface area contributed by atoms with Gasteiger partial charge in [0.25, 0.3) is 0 Å². The van der Waals surface area contributed by atoms with E-state index in [-0.39, 0.29) is 5.82 Å². The lowest BCUT2D eigenvalue weighted by atomic mass is 10.2. The van der Waals surface area contributed by atoms with Gasteiger partial charge in [0, 0.05) is 6.20 Å². The minimum Gasteiger partial charge on any atom is -0.298 e. The normalized spacial score (nSPS) is 10.7. The molecule has 0 N–H and O–H groups in total. The van der Waals surface area contributed by atoms with Crippen LogP contribution in [0.5, 0.6) is 0 Å². The van der Waals surface area contributed by atoms with E-state index in [1.54, 1.807) is 18.2 Å². The van der Waals surface area contributed by atoms with E-state index in [1.165, 1.54) is 28.3 Å². The molecule has 0 spiro atoms. The first-order chi connectivity index (χ1) is 9.69. The maximum atomic E-state index is 13.8. The largest absolute Gasteiger partial charge is 0.298 e. The van der Waals surface area contributed by atoms with Crippen LogP contribution in [0.15, 0.2) is 46.4 Å². The van der Waals surface area contributed by atoms with E-state index in [4.69, 9.17) is 0 Å². The second kappa shape index (κ2) is 5.30. The minimum atomic E-state index is -0.383. The fourth-order valence-corrected chi connectivity index (χ4v) is 3.26. The summed E-state index contributed by atoms with van der Waals surface area (Å²) in [6.45, 7) is 0. The van der Waals surface area contributed by atoms with Crippen LogP contribution in [-0.4, -0.2) is 16.1 Å². The number of rotatable bonds is 3. The number of benzene rings is 1. The molecule has 20 heavy (non-hydrogen) atoms. The van der Waals surface area contributed by atoms with E-state index in [0.29, 0.717) is 16.9 Å². The van der Waals surface area contributed by atoms with Gasteiger partial charge in [-0.2, -0.15) is 5.10 Å². The maximum absolute atomic E-state index is 13.8. The molecular formula is C14H8BrFN2OS. The molecule has 0 aliphatic carbocycles. The van der Waals surface area contributed by atoms with Gasteiger partial charge in [-0.15, -0.1) is 11.3 Å². The quantitative estimate of drug-likeness (QED) is 0.659. The number of halogens is 2. The van der Waals surface area contributed by atoms with Gasteiger partial charge in [0.05, 0.1) is 14.2 Å². The van der Waals surface area contributed by atoms with Crippen molar-refractivity contribution in [2.45, 2.75) is 0 Å². The first-order valence-corrected chi connectivity index (χ1v) is 7.35. The SMILES string of the molecule is O=Cc1cn(-c2ccccc2F)nc1-c1ccc(Br)s1. The number of thiophene rings is 1. The van der Waals surface area contributed by atoms with Gasteiger partial charge in [0.1, 0.15) is 17.2 Å². The number of carbonyl (C=O) groups excluding carboxylic acids is 1. The molecule has 2 heterocycles. The Hall–Kier alpha value is -1.79. The Morgan fingerprint density at radius 2 is 2.05 bits per heavy atom. The van der Waals surface area contributed by atoms with E-state index >= 15 is 0 Å². The molecule has 0 amide bonds. The Kier molecular flexibility index (Phi) is 3.50. The summed E-state index contributed by atoms with van der Waals surface area (Å²) in [4.78, 5) is 12.0. The van der Waals surface area contributed by atoms with Crippen molar-refractivity contribution in [1.29, 1.82) is 0 Å². The fourth-order valence-electron chi connectivity index (χ4n) is 1.87. The summed E-state index contributed by atoms with van der Waals surface area (Å²) in [5, 5.41) is 4.33. The van der Waals surface area contributed by atoms with Gasteiger partial charge < -0.3 is 0 Å². The van der Waals surface area contributed by atoms with Crippen LogP contribution in [0.4, 0.5) is 4.39 Å². The van der Waals surface area contributed by atoms with Crippen LogP contribution in [0.2, 0.25) is 0 Å². The van der Waals surface area contributed by atoms with Crippen LogP contribution < -0.4 is 0 Å². The average Bonchev–Trinajstić information content (AvgIpc) is 3.05. The molecular weight excluding hydrogens is 343 g/mol. The van der Waals surface area contributed by atoms with E-state index in [1.807, 2.05) is 12.1 Å². The summed E-state index contributed by atoms with van der Waals surface area (Å²) in [7, 11) is 0. The van der Waals surface area contributed by atoms with E-state index in [2.05, 4.69) is 21.0 Å². The van der Waals surface area contributed by atoms with Crippen molar-refractivity contribution < 1.29 is 9.18 Å². The number of para-hydroxylation sites is 1. The van der Waals surface area contributed by atoms with Gasteiger partial charge >= 0.3 is 0 Å². The summed E-state index contributed by atoms with van der Waals surface area (Å²) in [5.74, 6) is -0.383. The molecule has 0 saturated heterocycles. The van der Waals surface area contributed by atoms with Crippen molar-refractivity contribution in [3.8, 4) is 16.3 Å². The summed E-state index contributed by atoms with van der Waals surface area (Å²) in [6.07, 6.45) is 2.27. The summed E-state index contributed by atoms with van der Waals surface area (Å²) in [5.41, 5.74) is 1.30. The Labute approximate surface area is 126 Å². The second-order valence-corrected chi connectivity index (χ2v) is 6.51. The van der Waals surface area contributed by atoms with Crippen molar-refractivity contribution >= 4 is 33.6 Å². The Balaban J connectivity index is 2.14. The lowest BCUT2D eigenvalue weighted by molar-refractivity contribution is 0.112. The fraction of sp³-hybridized carbons (Fsp3) is 0. The van der Waals surface area contributed by atoms with E-state index in [0.717, 1.165) is 14.9 Å². The van der Waals surface area contributed by atoms with Crippen molar-refractivity contribution in [1.82, 2.24) is 9.78 Å².